The minimum atomic E-state index is -0.718. The molecule has 4 rings (SSSR count). The summed E-state index contributed by atoms with van der Waals surface area (Å²) >= 11 is 0. The zero-order valence-electron chi connectivity index (χ0n) is 18.8. The fraction of sp³-hybridized carbons (Fsp3) is 0.920. The van der Waals surface area contributed by atoms with E-state index in [1.54, 1.807) is 0 Å². The maximum Gasteiger partial charge on any atom is 0.303 e. The number of hydrogen-bond acceptors (Lipinski definition) is 3. The van der Waals surface area contributed by atoms with Crippen LogP contribution in [0, 0.1) is 46.3 Å². The number of methoxy groups -OCH3 is 1. The first-order valence-corrected chi connectivity index (χ1v) is 12.0. The Balaban J connectivity index is 1.56. The van der Waals surface area contributed by atoms with E-state index in [2.05, 4.69) is 20.8 Å². The fourth-order valence-electron chi connectivity index (χ4n) is 8.63. The van der Waals surface area contributed by atoms with Crippen molar-refractivity contribution in [2.75, 3.05) is 7.11 Å². The van der Waals surface area contributed by atoms with E-state index in [9.17, 15) is 9.59 Å². The minimum Gasteiger partial charge on any atom is -0.481 e. The molecule has 4 saturated carbocycles. The Kier molecular flexibility index (Phi) is 5.63. The highest BCUT2D eigenvalue weighted by Gasteiger charge is 2.63. The van der Waals surface area contributed by atoms with Gasteiger partial charge in [0.25, 0.3) is 0 Å². The Morgan fingerprint density at radius 3 is 2.62 bits per heavy atom. The lowest BCUT2D eigenvalue weighted by atomic mass is 9.44. The Morgan fingerprint density at radius 2 is 1.93 bits per heavy atom. The number of carbonyl (C=O) groups is 2. The number of carboxylic acid groups (broad SMARTS) is 1. The average molecular weight is 405 g/mol. The second kappa shape index (κ2) is 7.66. The summed E-state index contributed by atoms with van der Waals surface area (Å²) in [5, 5.41) is 9.11. The van der Waals surface area contributed by atoms with Gasteiger partial charge in [0.2, 0.25) is 0 Å². The summed E-state index contributed by atoms with van der Waals surface area (Å²) in [5.41, 5.74) is 0.0635. The van der Waals surface area contributed by atoms with Crippen molar-refractivity contribution in [1.29, 1.82) is 0 Å². The van der Waals surface area contributed by atoms with Crippen LogP contribution in [0.3, 0.4) is 0 Å². The summed E-state index contributed by atoms with van der Waals surface area (Å²) < 4.78 is 5.70. The van der Waals surface area contributed by atoms with Gasteiger partial charge in [0.1, 0.15) is 5.78 Å². The Morgan fingerprint density at radius 1 is 1.17 bits per heavy atom. The molecule has 0 aromatic carbocycles. The van der Waals surface area contributed by atoms with E-state index in [1.807, 2.05) is 7.11 Å². The summed E-state index contributed by atoms with van der Waals surface area (Å²) in [5.74, 6) is 2.86. The highest BCUT2D eigenvalue weighted by molar-refractivity contribution is 5.87. The summed E-state index contributed by atoms with van der Waals surface area (Å²) in [6.07, 6.45) is 10.4. The van der Waals surface area contributed by atoms with Crippen LogP contribution in [0.4, 0.5) is 0 Å². The maximum atomic E-state index is 13.7. The second-order valence-electron chi connectivity index (χ2n) is 11.3. The van der Waals surface area contributed by atoms with Crippen molar-refractivity contribution in [3.05, 3.63) is 0 Å². The third-order valence-electron chi connectivity index (χ3n) is 10.4. The molecule has 0 unspecified atom stereocenters. The molecule has 4 aliphatic rings. The Hall–Kier alpha value is -0.900. The Bertz CT molecular complexity index is 659. The van der Waals surface area contributed by atoms with Crippen molar-refractivity contribution >= 4 is 11.8 Å². The van der Waals surface area contributed by atoms with Gasteiger partial charge in [-0.05, 0) is 92.3 Å². The molecule has 9 atom stereocenters. The highest BCUT2D eigenvalue weighted by atomic mass is 16.5. The SMILES string of the molecule is CO[C@H]1CC[C@@]2(C)[C@@H](CC[C@@H]3[C@@H]2CC(=O)[C@]2(C)[C@@H]([C@H](C)CCC(=O)O)CC[C@@H]32)C1. The minimum absolute atomic E-state index is 0.221. The van der Waals surface area contributed by atoms with E-state index in [4.69, 9.17) is 9.84 Å². The van der Waals surface area contributed by atoms with Crippen molar-refractivity contribution in [2.24, 2.45) is 46.3 Å². The van der Waals surface area contributed by atoms with Gasteiger partial charge in [-0.25, -0.2) is 0 Å². The normalized spacial score (nSPS) is 47.8. The van der Waals surface area contributed by atoms with Crippen molar-refractivity contribution in [3.63, 3.8) is 0 Å². The first-order chi connectivity index (χ1) is 13.7. The van der Waals surface area contributed by atoms with Crippen LogP contribution in [0.15, 0.2) is 0 Å². The molecule has 0 aliphatic heterocycles. The van der Waals surface area contributed by atoms with Crippen LogP contribution in [0.2, 0.25) is 0 Å². The summed E-state index contributed by atoms with van der Waals surface area (Å²) in [4.78, 5) is 24.8. The first-order valence-electron chi connectivity index (χ1n) is 12.0. The van der Waals surface area contributed by atoms with Crippen molar-refractivity contribution in [1.82, 2.24) is 0 Å². The van der Waals surface area contributed by atoms with E-state index in [1.165, 1.54) is 25.7 Å². The monoisotopic (exact) mass is 404 g/mol. The molecule has 4 nitrogen and oxygen atoms in total. The largest absolute Gasteiger partial charge is 0.481 e. The molecule has 0 spiro atoms. The number of ether oxygens (including phenoxy) is 1. The molecular formula is C25H40O4. The molecule has 0 heterocycles. The van der Waals surface area contributed by atoms with Gasteiger partial charge >= 0.3 is 5.97 Å². The predicted molar refractivity (Wildman–Crippen MR) is 112 cm³/mol. The van der Waals surface area contributed by atoms with Crippen LogP contribution in [0.1, 0.15) is 85.0 Å². The van der Waals surface area contributed by atoms with Crippen LogP contribution in [-0.2, 0) is 14.3 Å². The molecule has 0 amide bonds. The maximum absolute atomic E-state index is 13.7. The lowest BCUT2D eigenvalue weighted by molar-refractivity contribution is -0.161. The van der Waals surface area contributed by atoms with Gasteiger partial charge in [-0.2, -0.15) is 0 Å². The number of carboxylic acids is 1. The van der Waals surface area contributed by atoms with E-state index in [0.717, 1.165) is 25.7 Å². The number of carbonyl (C=O) groups excluding carboxylic acids is 1. The molecule has 0 aromatic rings. The molecule has 29 heavy (non-hydrogen) atoms. The predicted octanol–water partition coefficient (Wildman–Crippen LogP) is 5.34. The number of hydrogen-bond donors (Lipinski definition) is 1. The molecular weight excluding hydrogens is 364 g/mol. The topological polar surface area (TPSA) is 63.6 Å². The number of Topliss-reactive ketones (excluding diaryl/α,β-unsaturated/α-hetero) is 1. The summed E-state index contributed by atoms with van der Waals surface area (Å²) in [6, 6.07) is 0. The number of fused-ring (bicyclic) bond motifs is 5. The van der Waals surface area contributed by atoms with Gasteiger partial charge in [-0.3, -0.25) is 9.59 Å². The zero-order chi connectivity index (χ0) is 21.0. The number of ketones is 1. The van der Waals surface area contributed by atoms with Crippen molar-refractivity contribution in [2.45, 2.75) is 91.1 Å². The van der Waals surface area contributed by atoms with E-state index >= 15 is 0 Å². The smallest absolute Gasteiger partial charge is 0.303 e. The highest BCUT2D eigenvalue weighted by Crippen LogP contribution is 2.67. The van der Waals surface area contributed by atoms with Crippen LogP contribution < -0.4 is 0 Å². The number of rotatable bonds is 5. The molecule has 0 aromatic heterocycles. The quantitative estimate of drug-likeness (QED) is 0.672. The summed E-state index contributed by atoms with van der Waals surface area (Å²) in [7, 11) is 1.85. The zero-order valence-corrected chi connectivity index (χ0v) is 18.8. The molecule has 4 fully saturated rings. The van der Waals surface area contributed by atoms with Crippen LogP contribution in [-0.4, -0.2) is 30.1 Å². The molecule has 0 saturated heterocycles. The fourth-order valence-corrected chi connectivity index (χ4v) is 8.63. The number of aliphatic carboxylic acids is 1. The van der Waals surface area contributed by atoms with Gasteiger partial charge < -0.3 is 9.84 Å². The molecule has 0 bridgehead atoms. The lowest BCUT2D eigenvalue weighted by Gasteiger charge is -2.60. The first kappa shape index (κ1) is 21.3. The Labute approximate surface area is 176 Å². The van der Waals surface area contributed by atoms with Gasteiger partial charge in [0.15, 0.2) is 0 Å². The van der Waals surface area contributed by atoms with Crippen LogP contribution >= 0.6 is 0 Å². The third kappa shape index (κ3) is 3.28. The van der Waals surface area contributed by atoms with Crippen LogP contribution in [0.25, 0.3) is 0 Å². The second-order valence-corrected chi connectivity index (χ2v) is 11.3. The molecule has 4 aliphatic carbocycles. The van der Waals surface area contributed by atoms with Crippen LogP contribution in [0.5, 0.6) is 0 Å². The standard InChI is InChI=1S/C25H40O4/c1-15(5-10-23(27)28)19-8-9-20-18-7-6-16-13-17(29-4)11-12-24(16,2)21(18)14-22(26)25(19,20)3/h15-21H,5-14H2,1-4H3,(H,27,28)/t15-,16+,17+,18+,19-,20+,21+,24+,25-/m1/s1. The molecule has 4 heteroatoms. The lowest BCUT2D eigenvalue weighted by Crippen LogP contribution is -2.57. The van der Waals surface area contributed by atoms with Gasteiger partial charge in [-0.15, -0.1) is 0 Å². The summed E-state index contributed by atoms with van der Waals surface area (Å²) in [6.45, 7) is 6.92. The van der Waals surface area contributed by atoms with Crippen molar-refractivity contribution in [3.8, 4) is 0 Å². The van der Waals surface area contributed by atoms with Gasteiger partial charge in [0, 0.05) is 25.4 Å². The van der Waals surface area contributed by atoms with E-state index < -0.39 is 5.97 Å². The molecule has 0 radical (unpaired) electrons. The van der Waals surface area contributed by atoms with E-state index in [-0.39, 0.29) is 11.8 Å². The van der Waals surface area contributed by atoms with Crippen molar-refractivity contribution < 1.29 is 19.4 Å². The van der Waals surface area contributed by atoms with Gasteiger partial charge in [0.05, 0.1) is 6.10 Å². The van der Waals surface area contributed by atoms with E-state index in [0.29, 0.717) is 59.2 Å². The molecule has 1 N–H and O–H groups in total. The average Bonchev–Trinajstić information content (AvgIpc) is 3.05. The van der Waals surface area contributed by atoms with Gasteiger partial charge in [-0.1, -0.05) is 20.8 Å². The molecule has 164 valence electrons. The third-order valence-corrected chi connectivity index (χ3v) is 10.4.